The van der Waals surface area contributed by atoms with Gasteiger partial charge < -0.3 is 10.2 Å². The average molecular weight is 365 g/mol. The zero-order chi connectivity index (χ0) is 19.1. The van der Waals surface area contributed by atoms with E-state index >= 15 is 0 Å². The Morgan fingerprint density at radius 2 is 1.93 bits per heavy atom. The molecule has 1 fully saturated rings. The number of benzene rings is 1. The number of pyridine rings is 1. The number of carbonyl (C=O) groups excluding carboxylic acids is 2. The van der Waals surface area contributed by atoms with Crippen LogP contribution in [0.15, 0.2) is 48.8 Å². The third kappa shape index (κ3) is 5.39. The molecule has 2 heterocycles. The lowest BCUT2D eigenvalue weighted by Crippen LogP contribution is -2.41. The van der Waals surface area contributed by atoms with Crippen LogP contribution in [-0.4, -0.2) is 41.3 Å². The lowest BCUT2D eigenvalue weighted by molar-refractivity contribution is -0.132. The predicted molar refractivity (Wildman–Crippen MR) is 105 cm³/mol. The summed E-state index contributed by atoms with van der Waals surface area (Å²) in [6, 6.07) is 11.8. The van der Waals surface area contributed by atoms with E-state index in [2.05, 4.69) is 29.4 Å². The molecule has 0 aliphatic carbocycles. The highest BCUT2D eigenvalue weighted by atomic mass is 16.2. The van der Waals surface area contributed by atoms with E-state index in [0.29, 0.717) is 24.4 Å². The van der Waals surface area contributed by atoms with Crippen LogP contribution >= 0.6 is 0 Å². The van der Waals surface area contributed by atoms with Gasteiger partial charge in [-0.15, -0.1) is 0 Å². The number of aromatic nitrogens is 1. The molecule has 2 amide bonds. The van der Waals surface area contributed by atoms with Crippen molar-refractivity contribution in [2.75, 3.05) is 19.6 Å². The van der Waals surface area contributed by atoms with Gasteiger partial charge in [0.25, 0.3) is 5.91 Å². The van der Waals surface area contributed by atoms with Crippen LogP contribution in [0.5, 0.6) is 0 Å². The molecule has 1 N–H and O–H groups in total. The Labute approximate surface area is 160 Å². The normalized spacial score (nSPS) is 14.8. The van der Waals surface area contributed by atoms with Crippen LogP contribution < -0.4 is 5.32 Å². The molecular weight excluding hydrogens is 338 g/mol. The molecular formula is C22H27N3O2. The summed E-state index contributed by atoms with van der Waals surface area (Å²) in [5, 5.41) is 2.98. The Bertz CT molecular complexity index is 768. The van der Waals surface area contributed by atoms with Gasteiger partial charge in [0.05, 0.1) is 5.56 Å². The summed E-state index contributed by atoms with van der Waals surface area (Å²) >= 11 is 0. The van der Waals surface area contributed by atoms with E-state index in [1.807, 2.05) is 17.0 Å². The van der Waals surface area contributed by atoms with Crippen LogP contribution in [-0.2, 0) is 11.2 Å². The molecule has 0 atom stereocenters. The van der Waals surface area contributed by atoms with Gasteiger partial charge in [0, 0.05) is 38.4 Å². The van der Waals surface area contributed by atoms with E-state index in [-0.39, 0.29) is 11.8 Å². The number of likely N-dealkylation sites (tertiary alicyclic amines) is 1. The summed E-state index contributed by atoms with van der Waals surface area (Å²) < 4.78 is 0. The number of amides is 2. The van der Waals surface area contributed by atoms with Gasteiger partial charge in [-0.3, -0.25) is 14.6 Å². The van der Waals surface area contributed by atoms with Gasteiger partial charge in [0.2, 0.25) is 5.91 Å². The molecule has 5 heteroatoms. The van der Waals surface area contributed by atoms with Gasteiger partial charge in [0.1, 0.15) is 0 Å². The largest absolute Gasteiger partial charge is 0.352 e. The molecule has 1 aliphatic heterocycles. The minimum absolute atomic E-state index is 0.0835. The number of nitrogens with zero attached hydrogens (tertiary/aromatic N) is 2. The zero-order valence-corrected chi connectivity index (χ0v) is 15.9. The SMILES string of the molecule is Cc1ccccc1CCC(=O)N1CCC(CNC(=O)c2cccnc2)CC1. The van der Waals surface area contributed by atoms with Crippen molar-refractivity contribution < 1.29 is 9.59 Å². The lowest BCUT2D eigenvalue weighted by atomic mass is 9.96. The molecule has 1 saturated heterocycles. The Morgan fingerprint density at radius 1 is 1.15 bits per heavy atom. The first kappa shape index (κ1) is 19.1. The maximum atomic E-state index is 12.5. The molecule has 5 nitrogen and oxygen atoms in total. The third-order valence-corrected chi connectivity index (χ3v) is 5.31. The van der Waals surface area contributed by atoms with Crippen LogP contribution in [0, 0.1) is 12.8 Å². The third-order valence-electron chi connectivity index (χ3n) is 5.31. The van der Waals surface area contributed by atoms with Crippen molar-refractivity contribution >= 4 is 11.8 Å². The number of hydrogen-bond acceptors (Lipinski definition) is 3. The minimum atomic E-state index is -0.0835. The highest BCUT2D eigenvalue weighted by Gasteiger charge is 2.23. The fourth-order valence-electron chi connectivity index (χ4n) is 3.51. The first-order valence-electron chi connectivity index (χ1n) is 9.64. The molecule has 1 aromatic carbocycles. The Kier molecular flexibility index (Phi) is 6.58. The van der Waals surface area contributed by atoms with Crippen molar-refractivity contribution in [1.29, 1.82) is 0 Å². The molecule has 0 bridgehead atoms. The number of hydrogen-bond donors (Lipinski definition) is 1. The minimum Gasteiger partial charge on any atom is -0.352 e. The summed E-state index contributed by atoms with van der Waals surface area (Å²) in [5.41, 5.74) is 3.08. The molecule has 0 unspecified atom stereocenters. The number of nitrogens with one attached hydrogen (secondary N) is 1. The summed E-state index contributed by atoms with van der Waals surface area (Å²) in [6.45, 7) is 4.30. The molecule has 27 heavy (non-hydrogen) atoms. The molecule has 0 saturated carbocycles. The number of rotatable bonds is 6. The molecule has 0 spiro atoms. The highest BCUT2D eigenvalue weighted by Crippen LogP contribution is 2.18. The topological polar surface area (TPSA) is 62.3 Å². The van der Waals surface area contributed by atoms with Crippen molar-refractivity contribution in [3.8, 4) is 0 Å². The van der Waals surface area contributed by atoms with E-state index in [0.717, 1.165) is 32.4 Å². The summed E-state index contributed by atoms with van der Waals surface area (Å²) in [5.74, 6) is 0.571. The number of carbonyl (C=O) groups is 2. The van der Waals surface area contributed by atoms with Gasteiger partial charge in [-0.05, 0) is 55.4 Å². The standard InChI is InChI=1S/C22H27N3O2/c1-17-5-2-3-6-19(17)8-9-21(26)25-13-10-18(11-14-25)15-24-22(27)20-7-4-12-23-16-20/h2-7,12,16,18H,8-11,13-15H2,1H3,(H,24,27). The van der Waals surface area contributed by atoms with Crippen LogP contribution in [0.2, 0.25) is 0 Å². The smallest absolute Gasteiger partial charge is 0.252 e. The molecule has 1 aromatic heterocycles. The van der Waals surface area contributed by atoms with E-state index in [4.69, 9.17) is 0 Å². The quantitative estimate of drug-likeness (QED) is 0.856. The molecule has 1 aliphatic rings. The van der Waals surface area contributed by atoms with E-state index < -0.39 is 0 Å². The van der Waals surface area contributed by atoms with E-state index in [1.54, 1.807) is 24.5 Å². The fourth-order valence-corrected chi connectivity index (χ4v) is 3.51. The van der Waals surface area contributed by atoms with Gasteiger partial charge in [-0.2, -0.15) is 0 Å². The van der Waals surface area contributed by atoms with Crippen molar-refractivity contribution in [3.05, 3.63) is 65.5 Å². The predicted octanol–water partition coefficient (Wildman–Crippen LogP) is 2.99. The van der Waals surface area contributed by atoms with Crippen LogP contribution in [0.4, 0.5) is 0 Å². The zero-order valence-electron chi connectivity index (χ0n) is 15.9. The van der Waals surface area contributed by atoms with E-state index in [1.165, 1.54) is 11.1 Å². The second-order valence-corrected chi connectivity index (χ2v) is 7.20. The first-order chi connectivity index (χ1) is 13.1. The number of aryl methyl sites for hydroxylation is 2. The van der Waals surface area contributed by atoms with Gasteiger partial charge in [-0.25, -0.2) is 0 Å². The second kappa shape index (κ2) is 9.31. The summed E-state index contributed by atoms with van der Waals surface area (Å²) in [7, 11) is 0. The first-order valence-corrected chi connectivity index (χ1v) is 9.64. The molecule has 142 valence electrons. The molecule has 3 rings (SSSR count). The maximum absolute atomic E-state index is 12.5. The Balaban J connectivity index is 1.39. The van der Waals surface area contributed by atoms with Gasteiger partial charge >= 0.3 is 0 Å². The van der Waals surface area contributed by atoms with Crippen LogP contribution in [0.25, 0.3) is 0 Å². The van der Waals surface area contributed by atoms with Crippen molar-refractivity contribution in [2.45, 2.75) is 32.6 Å². The summed E-state index contributed by atoms with van der Waals surface area (Å²) in [4.78, 5) is 30.5. The van der Waals surface area contributed by atoms with Crippen molar-refractivity contribution in [3.63, 3.8) is 0 Å². The monoisotopic (exact) mass is 365 g/mol. The average Bonchev–Trinajstić information content (AvgIpc) is 2.72. The van der Waals surface area contributed by atoms with Crippen LogP contribution in [0.3, 0.4) is 0 Å². The maximum Gasteiger partial charge on any atom is 0.252 e. The van der Waals surface area contributed by atoms with Gasteiger partial charge in [0.15, 0.2) is 0 Å². The molecule has 0 radical (unpaired) electrons. The summed E-state index contributed by atoms with van der Waals surface area (Å²) in [6.07, 6.45) is 6.46. The second-order valence-electron chi connectivity index (χ2n) is 7.20. The Morgan fingerprint density at radius 3 is 2.63 bits per heavy atom. The van der Waals surface area contributed by atoms with Crippen molar-refractivity contribution in [2.24, 2.45) is 5.92 Å². The fraction of sp³-hybridized carbons (Fsp3) is 0.409. The van der Waals surface area contributed by atoms with E-state index in [9.17, 15) is 9.59 Å². The number of piperidine rings is 1. The Hall–Kier alpha value is -2.69. The lowest BCUT2D eigenvalue weighted by Gasteiger charge is -2.32. The van der Waals surface area contributed by atoms with Crippen molar-refractivity contribution in [1.82, 2.24) is 15.2 Å². The van der Waals surface area contributed by atoms with Crippen LogP contribution in [0.1, 0.15) is 40.7 Å². The highest BCUT2D eigenvalue weighted by molar-refractivity contribution is 5.93. The molecule has 2 aromatic rings. The van der Waals surface area contributed by atoms with Gasteiger partial charge in [-0.1, -0.05) is 24.3 Å².